The highest BCUT2D eigenvalue weighted by Crippen LogP contribution is 2.29. The quantitative estimate of drug-likeness (QED) is 0.244. The predicted octanol–water partition coefficient (Wildman–Crippen LogP) is 5.19. The highest BCUT2D eigenvalue weighted by molar-refractivity contribution is 8.03. The number of anilines is 2. The number of thioether (sulfide) groups is 2. The molecule has 3 aromatic rings. The molecule has 0 radical (unpaired) electrons. The molecule has 2 N–H and O–H groups in total. The lowest BCUT2D eigenvalue weighted by Crippen LogP contribution is -2.12. The molecule has 0 saturated heterocycles. The van der Waals surface area contributed by atoms with Gasteiger partial charge in [-0.05, 0) is 62.4 Å². The van der Waals surface area contributed by atoms with Crippen LogP contribution in [-0.4, -0.2) is 45.1 Å². The first-order valence-corrected chi connectivity index (χ1v) is 13.5. The van der Waals surface area contributed by atoms with E-state index in [1.807, 2.05) is 0 Å². The number of hydrogen-bond donors (Lipinski definition) is 2. The monoisotopic (exact) mass is 528 g/mol. The van der Waals surface area contributed by atoms with Gasteiger partial charge in [-0.2, -0.15) is 0 Å². The van der Waals surface area contributed by atoms with Gasteiger partial charge in [-0.1, -0.05) is 34.9 Å². The molecule has 0 bridgehead atoms. The van der Waals surface area contributed by atoms with Crippen LogP contribution in [0.5, 0.6) is 0 Å². The van der Waals surface area contributed by atoms with Crippen LogP contribution >= 0.6 is 34.9 Å². The van der Waals surface area contributed by atoms with Crippen LogP contribution in [0, 0.1) is 0 Å². The zero-order chi connectivity index (χ0) is 25.2. The molecule has 1 aromatic heterocycles. The van der Waals surface area contributed by atoms with Crippen molar-refractivity contribution in [3.05, 3.63) is 59.7 Å². The van der Waals surface area contributed by atoms with Gasteiger partial charge in [0.25, 0.3) is 0 Å². The average molecular weight is 529 g/mol. The molecule has 35 heavy (non-hydrogen) atoms. The second-order valence-electron chi connectivity index (χ2n) is 7.39. The zero-order valence-electron chi connectivity index (χ0n) is 19.2. The van der Waals surface area contributed by atoms with Crippen LogP contribution in [0.3, 0.4) is 0 Å². The van der Waals surface area contributed by atoms with E-state index in [4.69, 9.17) is 0 Å². The smallest absolute Gasteiger partial charge is 0.225 e. The van der Waals surface area contributed by atoms with Gasteiger partial charge in [0, 0.05) is 46.8 Å². The van der Waals surface area contributed by atoms with E-state index in [-0.39, 0.29) is 23.4 Å². The summed E-state index contributed by atoms with van der Waals surface area (Å²) in [7, 11) is 0. The van der Waals surface area contributed by atoms with E-state index in [0.717, 1.165) is 8.68 Å². The third-order valence-electron chi connectivity index (χ3n) is 4.65. The molecule has 0 saturated carbocycles. The fraction of sp³-hybridized carbons (Fsp3) is 0.250. The number of Topliss-reactive ketones (excluding diaryl/α,β-unsaturated/α-hetero) is 2. The molecule has 0 fully saturated rings. The van der Waals surface area contributed by atoms with E-state index >= 15 is 0 Å². The Labute approximate surface area is 215 Å². The maximum absolute atomic E-state index is 12.1. The topological polar surface area (TPSA) is 118 Å². The summed E-state index contributed by atoms with van der Waals surface area (Å²) in [6, 6.07) is 13.6. The van der Waals surface area contributed by atoms with Crippen molar-refractivity contribution in [3.8, 4) is 0 Å². The Bertz CT molecular complexity index is 1100. The standard InChI is InChI=1S/C24H24N4O4S3/c1-15(29)17-3-7-19(8-4-17)25-21(31)11-13-33-23-27-28-24(35-23)34-14-12-22(32)26-20-9-5-18(6-10-20)16(2)30/h3-10H,11-14H2,1-2H3,(H,25,31)(H,26,32). The molecule has 0 spiro atoms. The van der Waals surface area contributed by atoms with Crippen molar-refractivity contribution in [2.24, 2.45) is 0 Å². The molecule has 0 aliphatic carbocycles. The number of amides is 2. The summed E-state index contributed by atoms with van der Waals surface area (Å²) >= 11 is 4.34. The van der Waals surface area contributed by atoms with Crippen molar-refractivity contribution in [2.75, 3.05) is 22.1 Å². The van der Waals surface area contributed by atoms with E-state index < -0.39 is 0 Å². The molecule has 0 aliphatic rings. The number of rotatable bonds is 12. The van der Waals surface area contributed by atoms with E-state index in [0.29, 0.717) is 46.8 Å². The highest BCUT2D eigenvalue weighted by atomic mass is 32.2. The highest BCUT2D eigenvalue weighted by Gasteiger charge is 2.10. The molecule has 182 valence electrons. The van der Waals surface area contributed by atoms with Crippen molar-refractivity contribution in [1.29, 1.82) is 0 Å². The van der Waals surface area contributed by atoms with E-state index in [1.54, 1.807) is 48.5 Å². The van der Waals surface area contributed by atoms with Gasteiger partial charge in [-0.25, -0.2) is 0 Å². The van der Waals surface area contributed by atoms with Gasteiger partial charge in [0.1, 0.15) is 0 Å². The van der Waals surface area contributed by atoms with Crippen molar-refractivity contribution in [3.63, 3.8) is 0 Å². The van der Waals surface area contributed by atoms with Gasteiger partial charge >= 0.3 is 0 Å². The molecule has 0 unspecified atom stereocenters. The summed E-state index contributed by atoms with van der Waals surface area (Å²) in [6.45, 7) is 3.00. The molecule has 0 atom stereocenters. The third-order valence-corrected chi connectivity index (χ3v) is 7.84. The number of benzene rings is 2. The maximum Gasteiger partial charge on any atom is 0.225 e. The molecule has 0 aliphatic heterocycles. The average Bonchev–Trinajstić information content (AvgIpc) is 3.27. The number of nitrogens with zero attached hydrogens (tertiary/aromatic N) is 2. The Hall–Kier alpha value is -3.02. The molecule has 3 rings (SSSR count). The van der Waals surface area contributed by atoms with Crippen LogP contribution < -0.4 is 10.6 Å². The van der Waals surface area contributed by atoms with Crippen LogP contribution in [0.2, 0.25) is 0 Å². The van der Waals surface area contributed by atoms with Gasteiger partial charge in [0.15, 0.2) is 20.2 Å². The first kappa shape index (κ1) is 26.6. The SMILES string of the molecule is CC(=O)c1ccc(NC(=O)CCSc2nnc(SCCC(=O)Nc3ccc(C(C)=O)cc3)s2)cc1. The van der Waals surface area contributed by atoms with Gasteiger partial charge < -0.3 is 10.6 Å². The normalized spacial score (nSPS) is 10.6. The molecule has 2 aromatic carbocycles. The molecule has 8 nitrogen and oxygen atoms in total. The summed E-state index contributed by atoms with van der Waals surface area (Å²) in [5, 5.41) is 13.9. The number of ketones is 2. The summed E-state index contributed by atoms with van der Waals surface area (Å²) in [5.74, 6) is 0.843. The van der Waals surface area contributed by atoms with Crippen LogP contribution in [-0.2, 0) is 9.59 Å². The minimum Gasteiger partial charge on any atom is -0.326 e. The van der Waals surface area contributed by atoms with Crippen LogP contribution in [0.25, 0.3) is 0 Å². The lowest BCUT2D eigenvalue weighted by molar-refractivity contribution is -0.116. The fourth-order valence-corrected chi connectivity index (χ4v) is 5.84. The summed E-state index contributed by atoms with van der Waals surface area (Å²) in [5.41, 5.74) is 2.50. The summed E-state index contributed by atoms with van der Waals surface area (Å²) in [6.07, 6.45) is 0.628. The summed E-state index contributed by atoms with van der Waals surface area (Å²) < 4.78 is 1.53. The van der Waals surface area contributed by atoms with Crippen LogP contribution in [0.15, 0.2) is 57.2 Å². The Balaban J connectivity index is 1.33. The lowest BCUT2D eigenvalue weighted by Gasteiger charge is -2.05. The number of hydrogen-bond acceptors (Lipinski definition) is 9. The van der Waals surface area contributed by atoms with Crippen molar-refractivity contribution >= 4 is 69.6 Å². The van der Waals surface area contributed by atoms with E-state index in [2.05, 4.69) is 20.8 Å². The Kier molecular flexibility index (Phi) is 10.0. The van der Waals surface area contributed by atoms with Gasteiger partial charge in [0.2, 0.25) is 11.8 Å². The van der Waals surface area contributed by atoms with Crippen LogP contribution in [0.1, 0.15) is 47.4 Å². The predicted molar refractivity (Wildman–Crippen MR) is 141 cm³/mol. The fourth-order valence-electron chi connectivity index (χ4n) is 2.80. The maximum atomic E-state index is 12.1. The van der Waals surface area contributed by atoms with Crippen LogP contribution in [0.4, 0.5) is 11.4 Å². The third kappa shape index (κ3) is 8.93. The minimum absolute atomic E-state index is 0.0190. The number of carbonyl (C=O) groups is 4. The Morgan fingerprint density at radius 3 is 1.40 bits per heavy atom. The summed E-state index contributed by atoms with van der Waals surface area (Å²) in [4.78, 5) is 46.9. The molecule has 11 heteroatoms. The molecule has 1 heterocycles. The van der Waals surface area contributed by atoms with Gasteiger partial charge in [-0.3, -0.25) is 19.2 Å². The molecular weight excluding hydrogens is 504 g/mol. The Morgan fingerprint density at radius 1 is 0.686 bits per heavy atom. The second kappa shape index (κ2) is 13.2. The van der Waals surface area contributed by atoms with Crippen molar-refractivity contribution < 1.29 is 19.2 Å². The lowest BCUT2D eigenvalue weighted by atomic mass is 10.1. The Morgan fingerprint density at radius 2 is 1.06 bits per heavy atom. The second-order valence-corrected chi connectivity index (χ2v) is 11.1. The van der Waals surface area contributed by atoms with Crippen molar-refractivity contribution in [2.45, 2.75) is 35.4 Å². The number of aromatic nitrogens is 2. The largest absolute Gasteiger partial charge is 0.326 e. The number of nitrogens with one attached hydrogen (secondary N) is 2. The molecular formula is C24H24N4O4S3. The van der Waals surface area contributed by atoms with E-state index in [1.165, 1.54) is 48.7 Å². The van der Waals surface area contributed by atoms with Crippen molar-refractivity contribution in [1.82, 2.24) is 10.2 Å². The van der Waals surface area contributed by atoms with Gasteiger partial charge in [-0.15, -0.1) is 10.2 Å². The zero-order valence-corrected chi connectivity index (χ0v) is 21.6. The van der Waals surface area contributed by atoms with Gasteiger partial charge in [0.05, 0.1) is 0 Å². The number of carbonyl (C=O) groups excluding carboxylic acids is 4. The first-order valence-electron chi connectivity index (χ1n) is 10.7. The van der Waals surface area contributed by atoms with E-state index in [9.17, 15) is 19.2 Å². The first-order chi connectivity index (χ1) is 16.8. The molecule has 2 amide bonds. The minimum atomic E-state index is -0.117.